The van der Waals surface area contributed by atoms with Gasteiger partial charge in [0.05, 0.1) is 12.7 Å². The van der Waals surface area contributed by atoms with Gasteiger partial charge >= 0.3 is 0 Å². The monoisotopic (exact) mass is 426 g/mol. The van der Waals surface area contributed by atoms with Crippen LogP contribution in [0, 0.1) is 6.92 Å². The van der Waals surface area contributed by atoms with E-state index in [4.69, 9.17) is 9.47 Å². The third kappa shape index (κ3) is 7.05. The number of halogens is 1. The molecule has 1 heterocycles. The van der Waals surface area contributed by atoms with E-state index >= 15 is 0 Å². The predicted molar refractivity (Wildman–Crippen MR) is 104 cm³/mol. The van der Waals surface area contributed by atoms with E-state index < -0.39 is 6.10 Å². The molecule has 1 fully saturated rings. The Bertz CT molecular complexity index is 618. The second kappa shape index (κ2) is 10.6. The molecule has 0 saturated carbocycles. The summed E-state index contributed by atoms with van der Waals surface area (Å²) in [6.45, 7) is 5.10. The normalized spacial score (nSPS) is 18.2. The van der Waals surface area contributed by atoms with E-state index in [0.717, 1.165) is 41.6 Å². The van der Waals surface area contributed by atoms with Crippen molar-refractivity contribution in [2.75, 3.05) is 25.1 Å². The summed E-state index contributed by atoms with van der Waals surface area (Å²) in [5.74, 6) is -0.358. The zero-order valence-corrected chi connectivity index (χ0v) is 16.9. The van der Waals surface area contributed by atoms with E-state index in [2.05, 4.69) is 26.6 Å². The Morgan fingerprint density at radius 1 is 1.38 bits per heavy atom. The predicted octanol–water partition coefficient (Wildman–Crippen LogP) is 3.18. The highest BCUT2D eigenvalue weighted by molar-refractivity contribution is 9.10. The lowest BCUT2D eigenvalue weighted by atomic mass is 10.1. The van der Waals surface area contributed by atoms with Crippen molar-refractivity contribution in [2.45, 2.75) is 51.7 Å². The summed E-state index contributed by atoms with van der Waals surface area (Å²) in [6, 6.07) is 5.70. The molecule has 0 aromatic heterocycles. The van der Waals surface area contributed by atoms with E-state index in [1.165, 1.54) is 0 Å². The quantitative estimate of drug-likeness (QED) is 0.668. The van der Waals surface area contributed by atoms with E-state index in [-0.39, 0.29) is 30.9 Å². The van der Waals surface area contributed by atoms with Crippen molar-refractivity contribution in [1.29, 1.82) is 0 Å². The molecular formula is C19H27BrN2O4. The van der Waals surface area contributed by atoms with Gasteiger partial charge in [0.2, 0.25) is 11.8 Å². The first kappa shape index (κ1) is 20.9. The van der Waals surface area contributed by atoms with Gasteiger partial charge in [-0.25, -0.2) is 0 Å². The summed E-state index contributed by atoms with van der Waals surface area (Å²) in [4.78, 5) is 24.1. The lowest BCUT2D eigenvalue weighted by molar-refractivity contribution is -0.135. The van der Waals surface area contributed by atoms with Gasteiger partial charge in [0, 0.05) is 29.7 Å². The van der Waals surface area contributed by atoms with Crippen molar-refractivity contribution in [3.8, 4) is 0 Å². The van der Waals surface area contributed by atoms with E-state index in [1.54, 1.807) is 6.92 Å². The summed E-state index contributed by atoms with van der Waals surface area (Å²) in [6.07, 6.45) is 2.93. The number of carbonyl (C=O) groups is 2. The van der Waals surface area contributed by atoms with Crippen LogP contribution in [0.3, 0.4) is 0 Å². The number of rotatable bonds is 8. The molecule has 0 spiro atoms. The molecule has 2 unspecified atom stereocenters. The lowest BCUT2D eigenvalue weighted by Crippen LogP contribution is -2.38. The largest absolute Gasteiger partial charge is 0.376 e. The standard InChI is InChI=1S/C19H27BrN2O4/c1-13-6-7-15(20)11-17(13)22-18(23)8-9-21-19(24)14(2)26-12-16-5-3-4-10-25-16/h6-7,11,14,16H,3-5,8-10,12H2,1-2H3,(H,21,24)(H,22,23). The van der Waals surface area contributed by atoms with Gasteiger partial charge < -0.3 is 20.1 Å². The fourth-order valence-corrected chi connectivity index (χ4v) is 3.01. The molecule has 1 aliphatic heterocycles. The van der Waals surface area contributed by atoms with Crippen LogP contribution in [0.4, 0.5) is 5.69 Å². The molecule has 6 nitrogen and oxygen atoms in total. The van der Waals surface area contributed by atoms with E-state index in [1.807, 2.05) is 25.1 Å². The summed E-state index contributed by atoms with van der Waals surface area (Å²) < 4.78 is 12.1. The van der Waals surface area contributed by atoms with Gasteiger partial charge in [0.1, 0.15) is 6.10 Å². The summed E-state index contributed by atoms with van der Waals surface area (Å²) in [7, 11) is 0. The minimum atomic E-state index is -0.559. The maximum Gasteiger partial charge on any atom is 0.248 e. The van der Waals surface area contributed by atoms with Crippen LogP contribution in [0.25, 0.3) is 0 Å². The van der Waals surface area contributed by atoms with Crippen LogP contribution >= 0.6 is 15.9 Å². The molecule has 2 amide bonds. The highest BCUT2D eigenvalue weighted by Gasteiger charge is 2.18. The van der Waals surface area contributed by atoms with Crippen molar-refractivity contribution in [2.24, 2.45) is 0 Å². The maximum absolute atomic E-state index is 12.0. The number of benzene rings is 1. The Labute approximate surface area is 163 Å². The summed E-state index contributed by atoms with van der Waals surface area (Å²) in [5, 5.41) is 5.59. The van der Waals surface area contributed by atoms with Gasteiger partial charge in [-0.2, -0.15) is 0 Å². The topological polar surface area (TPSA) is 76.7 Å². The number of amides is 2. The molecule has 7 heteroatoms. The maximum atomic E-state index is 12.0. The van der Waals surface area contributed by atoms with Crippen LogP contribution in [0.1, 0.15) is 38.2 Å². The van der Waals surface area contributed by atoms with E-state index in [0.29, 0.717) is 6.61 Å². The highest BCUT2D eigenvalue weighted by Crippen LogP contribution is 2.20. The number of hydrogen-bond donors (Lipinski definition) is 2. The zero-order chi connectivity index (χ0) is 18.9. The van der Waals surface area contributed by atoms with Crippen LogP contribution < -0.4 is 10.6 Å². The van der Waals surface area contributed by atoms with Crippen molar-refractivity contribution in [3.63, 3.8) is 0 Å². The molecule has 1 aromatic rings. The summed E-state index contributed by atoms with van der Waals surface area (Å²) >= 11 is 3.39. The van der Waals surface area contributed by atoms with Crippen LogP contribution in [0.15, 0.2) is 22.7 Å². The number of carbonyl (C=O) groups excluding carboxylic acids is 2. The van der Waals surface area contributed by atoms with Crippen LogP contribution in [-0.4, -0.2) is 43.8 Å². The molecule has 2 atom stereocenters. The molecular weight excluding hydrogens is 400 g/mol. The highest BCUT2D eigenvalue weighted by atomic mass is 79.9. The average molecular weight is 427 g/mol. The molecule has 1 saturated heterocycles. The van der Waals surface area contributed by atoms with E-state index in [9.17, 15) is 9.59 Å². The molecule has 144 valence electrons. The Kier molecular flexibility index (Phi) is 8.54. The second-order valence-electron chi connectivity index (χ2n) is 6.51. The Morgan fingerprint density at radius 3 is 2.92 bits per heavy atom. The van der Waals surface area contributed by atoms with Crippen LogP contribution in [-0.2, 0) is 19.1 Å². The number of anilines is 1. The van der Waals surface area contributed by atoms with Crippen LogP contribution in [0.2, 0.25) is 0 Å². The molecule has 1 aromatic carbocycles. The zero-order valence-electron chi connectivity index (χ0n) is 15.3. The Morgan fingerprint density at radius 2 is 2.19 bits per heavy atom. The first-order valence-corrected chi connectivity index (χ1v) is 9.82. The average Bonchev–Trinajstić information content (AvgIpc) is 2.63. The van der Waals surface area contributed by atoms with Gasteiger partial charge in [0.15, 0.2) is 0 Å². The molecule has 26 heavy (non-hydrogen) atoms. The molecule has 0 bridgehead atoms. The van der Waals surface area contributed by atoms with Gasteiger partial charge in [-0.05, 0) is 50.8 Å². The van der Waals surface area contributed by atoms with Crippen LogP contribution in [0.5, 0.6) is 0 Å². The third-order valence-corrected chi connectivity index (χ3v) is 4.79. The summed E-state index contributed by atoms with van der Waals surface area (Å²) in [5.41, 5.74) is 1.75. The second-order valence-corrected chi connectivity index (χ2v) is 7.43. The van der Waals surface area contributed by atoms with Gasteiger partial charge in [-0.3, -0.25) is 9.59 Å². The van der Waals surface area contributed by atoms with Gasteiger partial charge in [-0.1, -0.05) is 22.0 Å². The Balaban J connectivity index is 1.65. The molecule has 2 N–H and O–H groups in total. The first-order chi connectivity index (χ1) is 12.5. The van der Waals surface area contributed by atoms with Crippen molar-refractivity contribution < 1.29 is 19.1 Å². The number of hydrogen-bond acceptors (Lipinski definition) is 4. The smallest absolute Gasteiger partial charge is 0.248 e. The minimum Gasteiger partial charge on any atom is -0.376 e. The number of nitrogens with one attached hydrogen (secondary N) is 2. The number of aryl methyl sites for hydroxylation is 1. The molecule has 0 aliphatic carbocycles. The fourth-order valence-electron chi connectivity index (χ4n) is 2.65. The minimum absolute atomic E-state index is 0.0817. The fraction of sp³-hybridized carbons (Fsp3) is 0.579. The molecule has 0 radical (unpaired) electrons. The van der Waals surface area contributed by atoms with Crippen molar-refractivity contribution in [3.05, 3.63) is 28.2 Å². The SMILES string of the molecule is Cc1ccc(Br)cc1NC(=O)CCNC(=O)C(C)OCC1CCCCO1. The molecule has 2 rings (SSSR count). The Hall–Kier alpha value is -1.44. The first-order valence-electron chi connectivity index (χ1n) is 9.02. The molecule has 1 aliphatic rings. The van der Waals surface area contributed by atoms with Gasteiger partial charge in [-0.15, -0.1) is 0 Å². The lowest BCUT2D eigenvalue weighted by Gasteiger charge is -2.23. The third-order valence-electron chi connectivity index (χ3n) is 4.30. The van der Waals surface area contributed by atoms with Crippen molar-refractivity contribution >= 4 is 33.4 Å². The van der Waals surface area contributed by atoms with Gasteiger partial charge in [0.25, 0.3) is 0 Å². The number of ether oxygens (including phenoxy) is 2. The van der Waals surface area contributed by atoms with Crippen molar-refractivity contribution in [1.82, 2.24) is 5.32 Å².